The van der Waals surface area contributed by atoms with Gasteiger partial charge < -0.3 is 16.3 Å². The molecule has 0 radical (unpaired) electrons. The van der Waals surface area contributed by atoms with E-state index in [9.17, 15) is 0 Å². The second kappa shape index (κ2) is 6.47. The first-order valence-corrected chi connectivity index (χ1v) is 5.88. The van der Waals surface area contributed by atoms with E-state index in [1.165, 1.54) is 0 Å². The maximum absolute atomic E-state index is 8.54. The Labute approximate surface area is 106 Å². The van der Waals surface area contributed by atoms with Crippen LogP contribution in [0.4, 0.5) is 0 Å². The van der Waals surface area contributed by atoms with Crippen LogP contribution in [-0.4, -0.2) is 17.6 Å². The molecule has 1 aromatic rings. The van der Waals surface area contributed by atoms with Crippen LogP contribution in [0.3, 0.4) is 0 Å². The Hall–Kier alpha value is -1.26. The van der Waals surface area contributed by atoms with Gasteiger partial charge in [-0.1, -0.05) is 35.8 Å². The first-order chi connectivity index (χ1) is 8.04. The minimum atomic E-state index is -0.00486. The van der Waals surface area contributed by atoms with Gasteiger partial charge in [0, 0.05) is 23.5 Å². The molecule has 1 aromatic carbocycles. The highest BCUT2D eigenvalue weighted by molar-refractivity contribution is 6.30. The number of rotatable bonds is 5. The van der Waals surface area contributed by atoms with Gasteiger partial charge in [0.2, 0.25) is 0 Å². The highest BCUT2D eigenvalue weighted by Crippen LogP contribution is 2.16. The second-order valence-corrected chi connectivity index (χ2v) is 4.54. The lowest BCUT2D eigenvalue weighted by Gasteiger charge is -2.17. The molecular formula is C12H18ClN3O. The molecule has 0 fully saturated rings. The number of nitrogens with one attached hydrogen (secondary N) is 1. The summed E-state index contributed by atoms with van der Waals surface area (Å²) in [6, 6.07) is 7.88. The van der Waals surface area contributed by atoms with Gasteiger partial charge in [-0.2, -0.15) is 0 Å². The van der Waals surface area contributed by atoms with E-state index in [1.54, 1.807) is 0 Å². The molecule has 5 heteroatoms. The van der Waals surface area contributed by atoms with E-state index >= 15 is 0 Å². The molecule has 94 valence electrons. The van der Waals surface area contributed by atoms with Crippen molar-refractivity contribution >= 4 is 17.4 Å². The summed E-state index contributed by atoms with van der Waals surface area (Å²) >= 11 is 5.82. The van der Waals surface area contributed by atoms with Crippen molar-refractivity contribution in [1.29, 1.82) is 0 Å². The van der Waals surface area contributed by atoms with Gasteiger partial charge in [-0.25, -0.2) is 0 Å². The van der Waals surface area contributed by atoms with Gasteiger partial charge in [0.15, 0.2) is 0 Å². The lowest BCUT2D eigenvalue weighted by molar-refractivity contribution is 0.313. The monoisotopic (exact) mass is 255 g/mol. The van der Waals surface area contributed by atoms with Gasteiger partial charge in [-0.15, -0.1) is 0 Å². The molecule has 0 aliphatic carbocycles. The molecule has 1 rings (SSSR count). The minimum Gasteiger partial charge on any atom is -0.409 e. The van der Waals surface area contributed by atoms with Crippen molar-refractivity contribution in [3.8, 4) is 0 Å². The summed E-state index contributed by atoms with van der Waals surface area (Å²) in [6.07, 6.45) is 0. The summed E-state index contributed by atoms with van der Waals surface area (Å²) < 4.78 is 0. The van der Waals surface area contributed by atoms with Gasteiger partial charge in [0.05, 0.1) is 0 Å². The van der Waals surface area contributed by atoms with Crippen LogP contribution in [0.25, 0.3) is 0 Å². The molecule has 0 saturated heterocycles. The number of nitrogens with zero attached hydrogens (tertiary/aromatic N) is 1. The van der Waals surface area contributed by atoms with E-state index in [0.29, 0.717) is 6.54 Å². The van der Waals surface area contributed by atoms with E-state index in [4.69, 9.17) is 22.5 Å². The fraction of sp³-hybridized carbons (Fsp3) is 0.417. The van der Waals surface area contributed by atoms with Crippen LogP contribution in [0.1, 0.15) is 25.5 Å². The van der Waals surface area contributed by atoms with Crippen LogP contribution < -0.4 is 11.1 Å². The summed E-state index contributed by atoms with van der Waals surface area (Å²) in [5.41, 5.74) is 6.66. The third-order valence-corrected chi connectivity index (χ3v) is 2.97. The Morgan fingerprint density at radius 1 is 1.41 bits per heavy atom. The fourth-order valence-corrected chi connectivity index (χ4v) is 1.55. The second-order valence-electron chi connectivity index (χ2n) is 4.11. The number of hydrogen-bond donors (Lipinski definition) is 3. The molecule has 1 unspecified atom stereocenters. The topological polar surface area (TPSA) is 70.6 Å². The molecule has 0 aliphatic rings. The van der Waals surface area contributed by atoms with Gasteiger partial charge in [-0.3, -0.25) is 0 Å². The molecule has 2 atom stereocenters. The zero-order chi connectivity index (χ0) is 12.8. The predicted octanol–water partition coefficient (Wildman–Crippen LogP) is 2.37. The summed E-state index contributed by atoms with van der Waals surface area (Å²) in [5, 5.41) is 15.6. The quantitative estimate of drug-likeness (QED) is 0.327. The lowest BCUT2D eigenvalue weighted by atomic mass is 10.1. The maximum atomic E-state index is 8.54. The van der Waals surface area contributed by atoms with E-state index in [2.05, 4.69) is 17.4 Å². The SMILES string of the molecule is CC(CN[C@@H](C)c1ccc(Cl)cc1)/C(N)=N/O. The molecular weight excluding hydrogens is 238 g/mol. The molecule has 4 nitrogen and oxygen atoms in total. The summed E-state index contributed by atoms with van der Waals surface area (Å²) in [5.74, 6) is 0.232. The molecule has 0 saturated carbocycles. The molecule has 17 heavy (non-hydrogen) atoms. The van der Waals surface area contributed by atoms with E-state index < -0.39 is 0 Å². The van der Waals surface area contributed by atoms with E-state index in [-0.39, 0.29) is 17.8 Å². The molecule has 0 bridgehead atoms. The van der Waals surface area contributed by atoms with Crippen LogP contribution in [-0.2, 0) is 0 Å². The highest BCUT2D eigenvalue weighted by Gasteiger charge is 2.10. The van der Waals surface area contributed by atoms with E-state index in [0.717, 1.165) is 10.6 Å². The number of amidine groups is 1. The Bertz CT molecular complexity index is 378. The van der Waals surface area contributed by atoms with Gasteiger partial charge >= 0.3 is 0 Å². The van der Waals surface area contributed by atoms with E-state index in [1.807, 2.05) is 31.2 Å². The fourth-order valence-electron chi connectivity index (χ4n) is 1.43. The predicted molar refractivity (Wildman–Crippen MR) is 70.4 cm³/mol. The van der Waals surface area contributed by atoms with Crippen molar-refractivity contribution < 1.29 is 5.21 Å². The third kappa shape index (κ3) is 4.24. The van der Waals surface area contributed by atoms with Crippen molar-refractivity contribution in [3.63, 3.8) is 0 Å². The number of benzene rings is 1. The molecule has 4 N–H and O–H groups in total. The molecule has 0 spiro atoms. The minimum absolute atomic E-state index is 0.00486. The van der Waals surface area contributed by atoms with Gasteiger partial charge in [-0.05, 0) is 24.6 Å². The van der Waals surface area contributed by atoms with Gasteiger partial charge in [0.25, 0.3) is 0 Å². The molecule has 0 heterocycles. The summed E-state index contributed by atoms with van der Waals surface area (Å²) in [4.78, 5) is 0. The number of oxime groups is 1. The largest absolute Gasteiger partial charge is 0.409 e. The molecule has 0 amide bonds. The smallest absolute Gasteiger partial charge is 0.143 e. The van der Waals surface area contributed by atoms with Crippen molar-refractivity contribution in [2.75, 3.05) is 6.54 Å². The Morgan fingerprint density at radius 2 is 2.00 bits per heavy atom. The summed E-state index contributed by atoms with van der Waals surface area (Å²) in [6.45, 7) is 4.61. The van der Waals surface area contributed by atoms with Crippen LogP contribution in [0.15, 0.2) is 29.4 Å². The lowest BCUT2D eigenvalue weighted by Crippen LogP contribution is -2.32. The van der Waals surface area contributed by atoms with Crippen LogP contribution in [0.2, 0.25) is 5.02 Å². The Kier molecular flexibility index (Phi) is 5.25. The van der Waals surface area contributed by atoms with Crippen molar-refractivity contribution in [1.82, 2.24) is 5.32 Å². The average molecular weight is 256 g/mol. The third-order valence-electron chi connectivity index (χ3n) is 2.72. The number of hydrogen-bond acceptors (Lipinski definition) is 3. The van der Waals surface area contributed by atoms with Crippen molar-refractivity contribution in [2.45, 2.75) is 19.9 Å². The van der Waals surface area contributed by atoms with Crippen molar-refractivity contribution in [2.24, 2.45) is 16.8 Å². The summed E-state index contributed by atoms with van der Waals surface area (Å²) in [7, 11) is 0. The number of halogens is 1. The van der Waals surface area contributed by atoms with Gasteiger partial charge in [0.1, 0.15) is 5.84 Å². The first kappa shape index (κ1) is 13.8. The standard InChI is InChI=1S/C12H18ClN3O/c1-8(12(14)16-17)7-15-9(2)10-3-5-11(13)6-4-10/h3-6,8-9,15,17H,7H2,1-2H3,(H2,14,16)/t8?,9-/m0/s1. The maximum Gasteiger partial charge on any atom is 0.143 e. The first-order valence-electron chi connectivity index (χ1n) is 5.51. The normalized spacial score (nSPS) is 15.6. The molecule has 0 aromatic heterocycles. The molecule has 0 aliphatic heterocycles. The Balaban J connectivity index is 2.50. The zero-order valence-electron chi connectivity index (χ0n) is 10.0. The van der Waals surface area contributed by atoms with Crippen LogP contribution in [0.5, 0.6) is 0 Å². The zero-order valence-corrected chi connectivity index (χ0v) is 10.8. The average Bonchev–Trinajstić information content (AvgIpc) is 2.35. The Morgan fingerprint density at radius 3 is 2.53 bits per heavy atom. The van der Waals surface area contributed by atoms with Crippen LogP contribution >= 0.6 is 11.6 Å². The number of nitrogens with two attached hydrogens (primary N) is 1. The highest BCUT2D eigenvalue weighted by atomic mass is 35.5. The van der Waals surface area contributed by atoms with Crippen molar-refractivity contribution in [3.05, 3.63) is 34.9 Å². The van der Waals surface area contributed by atoms with Crippen LogP contribution in [0, 0.1) is 5.92 Å².